The van der Waals surface area contributed by atoms with Crippen molar-refractivity contribution in [3.05, 3.63) is 40.1 Å². The summed E-state index contributed by atoms with van der Waals surface area (Å²) in [7, 11) is 1.77. The van der Waals surface area contributed by atoms with E-state index in [1.54, 1.807) is 11.9 Å². The van der Waals surface area contributed by atoms with Gasteiger partial charge in [-0.3, -0.25) is 9.69 Å². The molecular formula is C12H16N4O2S. The number of aromatic nitrogens is 2. The summed E-state index contributed by atoms with van der Waals surface area (Å²) in [4.78, 5) is 20.2. The van der Waals surface area contributed by atoms with Crippen molar-refractivity contribution in [3.8, 4) is 0 Å². The molecule has 2 aromatic heterocycles. The third-order valence-electron chi connectivity index (χ3n) is 2.75. The number of carbonyl (C=O) groups is 1. The molecule has 0 aliphatic rings. The van der Waals surface area contributed by atoms with Crippen LogP contribution in [0.2, 0.25) is 0 Å². The van der Waals surface area contributed by atoms with E-state index in [0.29, 0.717) is 6.54 Å². The predicted molar refractivity (Wildman–Crippen MR) is 72.9 cm³/mol. The average molecular weight is 280 g/mol. The van der Waals surface area contributed by atoms with Gasteiger partial charge in [0, 0.05) is 23.8 Å². The second-order valence-corrected chi connectivity index (χ2v) is 5.11. The van der Waals surface area contributed by atoms with Gasteiger partial charge < -0.3 is 15.8 Å². The molecule has 0 fully saturated rings. The van der Waals surface area contributed by atoms with E-state index in [1.807, 2.05) is 23.7 Å². The van der Waals surface area contributed by atoms with Crippen molar-refractivity contribution in [2.24, 2.45) is 5.73 Å². The lowest BCUT2D eigenvalue weighted by molar-refractivity contribution is -0.138. The monoisotopic (exact) mass is 280 g/mol. The van der Waals surface area contributed by atoms with E-state index in [1.165, 1.54) is 11.3 Å². The van der Waals surface area contributed by atoms with Crippen molar-refractivity contribution >= 4 is 17.3 Å². The third-order valence-corrected chi connectivity index (χ3v) is 3.70. The Kier molecular flexibility index (Phi) is 4.31. The maximum absolute atomic E-state index is 10.9. The zero-order valence-corrected chi connectivity index (χ0v) is 11.4. The van der Waals surface area contributed by atoms with E-state index in [2.05, 4.69) is 9.97 Å². The molecule has 0 radical (unpaired) electrons. The SMILES string of the molecule is CN(CC(=O)O)C(c1ccc[nH]1)c1nc(CN)cs1. The van der Waals surface area contributed by atoms with Crippen LogP contribution in [0.25, 0.3) is 0 Å². The number of hydrogen-bond donors (Lipinski definition) is 3. The van der Waals surface area contributed by atoms with Gasteiger partial charge in [-0.1, -0.05) is 0 Å². The van der Waals surface area contributed by atoms with Crippen LogP contribution in [0.5, 0.6) is 0 Å². The smallest absolute Gasteiger partial charge is 0.317 e. The van der Waals surface area contributed by atoms with Crippen LogP contribution < -0.4 is 5.73 Å². The number of rotatable bonds is 6. The maximum atomic E-state index is 10.9. The highest BCUT2D eigenvalue weighted by atomic mass is 32.1. The Bertz CT molecular complexity index is 538. The molecule has 0 bridgehead atoms. The van der Waals surface area contributed by atoms with Gasteiger partial charge in [-0.2, -0.15) is 0 Å². The number of likely N-dealkylation sites (N-methyl/N-ethyl adjacent to an activating group) is 1. The number of H-pyrrole nitrogens is 1. The van der Waals surface area contributed by atoms with Gasteiger partial charge in [0.2, 0.25) is 0 Å². The highest BCUT2D eigenvalue weighted by molar-refractivity contribution is 7.09. The molecule has 2 aromatic rings. The summed E-state index contributed by atoms with van der Waals surface area (Å²) in [6.07, 6.45) is 1.81. The number of aliphatic carboxylic acids is 1. The van der Waals surface area contributed by atoms with Gasteiger partial charge in [-0.15, -0.1) is 11.3 Å². The van der Waals surface area contributed by atoms with Crippen LogP contribution in [0, 0.1) is 0 Å². The molecule has 2 heterocycles. The van der Waals surface area contributed by atoms with Crippen molar-refractivity contribution in [2.75, 3.05) is 13.6 Å². The summed E-state index contributed by atoms with van der Waals surface area (Å²) in [5.74, 6) is -0.866. The molecule has 0 aromatic carbocycles. The summed E-state index contributed by atoms with van der Waals surface area (Å²) in [6, 6.07) is 3.61. The van der Waals surface area contributed by atoms with Crippen LogP contribution in [-0.2, 0) is 11.3 Å². The van der Waals surface area contributed by atoms with Gasteiger partial charge in [0.1, 0.15) is 11.0 Å². The summed E-state index contributed by atoms with van der Waals surface area (Å²) >= 11 is 1.49. The number of carboxylic acids is 1. The Hall–Kier alpha value is -1.70. The minimum absolute atomic E-state index is 0.0543. The number of nitrogens with zero attached hydrogens (tertiary/aromatic N) is 2. The molecule has 0 saturated carbocycles. The largest absolute Gasteiger partial charge is 0.480 e. The lowest BCUT2D eigenvalue weighted by atomic mass is 10.2. The fourth-order valence-electron chi connectivity index (χ4n) is 1.92. The van der Waals surface area contributed by atoms with Crippen LogP contribution in [0.3, 0.4) is 0 Å². The molecule has 1 unspecified atom stereocenters. The molecule has 19 heavy (non-hydrogen) atoms. The molecule has 102 valence electrons. The van der Waals surface area contributed by atoms with Crippen molar-refractivity contribution in [3.63, 3.8) is 0 Å². The molecule has 6 nitrogen and oxygen atoms in total. The molecule has 2 rings (SSSR count). The van der Waals surface area contributed by atoms with Gasteiger partial charge >= 0.3 is 5.97 Å². The molecule has 0 amide bonds. The van der Waals surface area contributed by atoms with Crippen LogP contribution in [-0.4, -0.2) is 39.5 Å². The van der Waals surface area contributed by atoms with E-state index in [-0.39, 0.29) is 12.6 Å². The number of nitrogens with one attached hydrogen (secondary N) is 1. The van der Waals surface area contributed by atoms with E-state index in [4.69, 9.17) is 10.8 Å². The minimum Gasteiger partial charge on any atom is -0.480 e. The zero-order chi connectivity index (χ0) is 13.8. The van der Waals surface area contributed by atoms with Crippen molar-refractivity contribution in [2.45, 2.75) is 12.6 Å². The highest BCUT2D eigenvalue weighted by Gasteiger charge is 2.24. The minimum atomic E-state index is -0.866. The molecule has 0 saturated heterocycles. The van der Waals surface area contributed by atoms with Crippen molar-refractivity contribution in [1.82, 2.24) is 14.9 Å². The topological polar surface area (TPSA) is 95.2 Å². The summed E-state index contributed by atoms with van der Waals surface area (Å²) in [6.45, 7) is 0.331. The number of hydrogen-bond acceptors (Lipinski definition) is 5. The molecule has 1 atom stereocenters. The van der Waals surface area contributed by atoms with Crippen molar-refractivity contribution < 1.29 is 9.90 Å². The van der Waals surface area contributed by atoms with Gasteiger partial charge in [0.05, 0.1) is 12.2 Å². The molecule has 7 heteroatoms. The molecule has 0 aliphatic carbocycles. The first-order chi connectivity index (χ1) is 9.11. The van der Waals surface area contributed by atoms with Gasteiger partial charge in [-0.05, 0) is 19.2 Å². The fourth-order valence-corrected chi connectivity index (χ4v) is 2.93. The Morgan fingerprint density at radius 3 is 3.00 bits per heavy atom. The standard InChI is InChI=1S/C12H16N4O2S/c1-16(6-10(17)18)11(9-3-2-4-14-9)12-15-8(5-13)7-19-12/h2-4,7,11,14H,5-6,13H2,1H3,(H,17,18). The highest BCUT2D eigenvalue weighted by Crippen LogP contribution is 2.28. The molecular weight excluding hydrogens is 264 g/mol. The van der Waals surface area contributed by atoms with Crippen LogP contribution in [0.1, 0.15) is 22.4 Å². The van der Waals surface area contributed by atoms with Gasteiger partial charge in [-0.25, -0.2) is 4.98 Å². The van der Waals surface area contributed by atoms with Crippen LogP contribution >= 0.6 is 11.3 Å². The number of nitrogens with two attached hydrogens (primary N) is 1. The Balaban J connectivity index is 2.31. The lowest BCUT2D eigenvalue weighted by Crippen LogP contribution is -2.31. The van der Waals surface area contributed by atoms with Crippen LogP contribution in [0.15, 0.2) is 23.7 Å². The zero-order valence-electron chi connectivity index (χ0n) is 10.5. The Labute approximate surface area is 114 Å². The fraction of sp³-hybridized carbons (Fsp3) is 0.333. The summed E-state index contributed by atoms with van der Waals surface area (Å²) in [5, 5.41) is 11.7. The molecule has 0 aliphatic heterocycles. The quantitative estimate of drug-likeness (QED) is 0.734. The first-order valence-electron chi connectivity index (χ1n) is 5.81. The van der Waals surface area contributed by atoms with Crippen molar-refractivity contribution in [1.29, 1.82) is 0 Å². The van der Waals surface area contributed by atoms with Gasteiger partial charge in [0.15, 0.2) is 0 Å². The molecule has 4 N–H and O–H groups in total. The number of carboxylic acid groups (broad SMARTS) is 1. The lowest BCUT2D eigenvalue weighted by Gasteiger charge is -2.24. The maximum Gasteiger partial charge on any atom is 0.317 e. The van der Waals surface area contributed by atoms with E-state index < -0.39 is 5.97 Å². The van der Waals surface area contributed by atoms with E-state index >= 15 is 0 Å². The third kappa shape index (κ3) is 3.19. The van der Waals surface area contributed by atoms with E-state index in [9.17, 15) is 4.79 Å². The van der Waals surface area contributed by atoms with Crippen LogP contribution in [0.4, 0.5) is 0 Å². The number of thiazole rings is 1. The average Bonchev–Trinajstić information content (AvgIpc) is 2.99. The van der Waals surface area contributed by atoms with E-state index in [0.717, 1.165) is 16.4 Å². The summed E-state index contributed by atoms with van der Waals surface area (Å²) in [5.41, 5.74) is 7.31. The normalized spacial score (nSPS) is 12.8. The second-order valence-electron chi connectivity index (χ2n) is 4.22. The first kappa shape index (κ1) is 13.7. The number of aromatic amines is 1. The van der Waals surface area contributed by atoms with Gasteiger partial charge in [0.25, 0.3) is 0 Å². The predicted octanol–water partition coefficient (Wildman–Crippen LogP) is 1.04. The Morgan fingerprint density at radius 1 is 1.68 bits per heavy atom. The molecule has 0 spiro atoms. The summed E-state index contributed by atoms with van der Waals surface area (Å²) < 4.78 is 0. The first-order valence-corrected chi connectivity index (χ1v) is 6.69. The Morgan fingerprint density at radius 2 is 2.47 bits per heavy atom. The second kappa shape index (κ2) is 5.96.